The minimum absolute atomic E-state index is 0.117. The normalized spacial score (nSPS) is 21.4. The highest BCUT2D eigenvalue weighted by molar-refractivity contribution is 7.12. The molecule has 2 aliphatic rings. The number of alkyl halides is 3. The number of piperidine rings is 1. The van der Waals surface area contributed by atoms with Gasteiger partial charge in [-0.1, -0.05) is 6.07 Å². The zero-order valence-electron chi connectivity index (χ0n) is 17.7. The number of benzene rings is 1. The summed E-state index contributed by atoms with van der Waals surface area (Å²) in [6.07, 6.45) is -2.01. The monoisotopic (exact) mass is 451 g/mol. The van der Waals surface area contributed by atoms with Crippen molar-refractivity contribution in [2.24, 2.45) is 0 Å². The van der Waals surface area contributed by atoms with Crippen LogP contribution < -0.4 is 4.90 Å². The van der Waals surface area contributed by atoms with Crippen LogP contribution in [0.4, 0.5) is 18.9 Å². The average Bonchev–Trinajstić information content (AvgIpc) is 3.22. The predicted octanol–water partition coefficient (Wildman–Crippen LogP) is 4.76. The van der Waals surface area contributed by atoms with Crippen molar-refractivity contribution >= 4 is 22.8 Å². The lowest BCUT2D eigenvalue weighted by Crippen LogP contribution is -2.55. The summed E-state index contributed by atoms with van der Waals surface area (Å²) in [7, 11) is 0. The number of thiophene rings is 1. The number of carbonyl (C=O) groups excluding carboxylic acids is 1. The third-order valence-electron chi connectivity index (χ3n) is 6.26. The van der Waals surface area contributed by atoms with Gasteiger partial charge in [0.15, 0.2) is 5.78 Å². The summed E-state index contributed by atoms with van der Waals surface area (Å²) in [5.74, 6) is 0.117. The number of hydrogen-bond acceptors (Lipinski definition) is 5. The Balaban J connectivity index is 1.31. The van der Waals surface area contributed by atoms with Gasteiger partial charge in [0.05, 0.1) is 10.4 Å². The molecular formula is C23H28F3N3OS. The van der Waals surface area contributed by atoms with E-state index in [0.717, 1.165) is 69.6 Å². The van der Waals surface area contributed by atoms with E-state index in [0.29, 0.717) is 11.7 Å². The van der Waals surface area contributed by atoms with Gasteiger partial charge in [-0.05, 0) is 61.5 Å². The van der Waals surface area contributed by atoms with Gasteiger partial charge in [0.2, 0.25) is 0 Å². The van der Waals surface area contributed by atoms with E-state index in [-0.39, 0.29) is 5.78 Å². The minimum atomic E-state index is -4.31. The standard InChI is InChI=1S/C23H28F3N3OS/c1-17(30)22-12-18(16-31-22)14-27-7-3-6-21(15-27)29-10-8-28(9-11-29)20-5-2-4-19(13-20)23(24,25)26/h2,4-5,12-13,16,21H,3,6-11,14-15H2,1H3/t21-/m1/s1. The van der Waals surface area contributed by atoms with Crippen molar-refractivity contribution in [2.75, 3.05) is 44.2 Å². The highest BCUT2D eigenvalue weighted by Gasteiger charge is 2.32. The molecular weight excluding hydrogens is 423 g/mol. The number of nitrogens with zero attached hydrogens (tertiary/aromatic N) is 3. The molecule has 2 fully saturated rings. The second kappa shape index (κ2) is 9.30. The van der Waals surface area contributed by atoms with Crippen LogP contribution in [0.5, 0.6) is 0 Å². The Morgan fingerprint density at radius 2 is 1.90 bits per heavy atom. The maximum atomic E-state index is 13.0. The summed E-state index contributed by atoms with van der Waals surface area (Å²) in [6.45, 7) is 7.73. The largest absolute Gasteiger partial charge is 0.416 e. The molecule has 2 aliphatic heterocycles. The fourth-order valence-electron chi connectivity index (χ4n) is 4.60. The van der Waals surface area contributed by atoms with E-state index in [1.165, 1.54) is 29.0 Å². The predicted molar refractivity (Wildman–Crippen MR) is 118 cm³/mol. The third-order valence-corrected chi connectivity index (χ3v) is 7.34. The summed E-state index contributed by atoms with van der Waals surface area (Å²) >= 11 is 1.51. The van der Waals surface area contributed by atoms with Crippen LogP contribution in [0.15, 0.2) is 35.7 Å². The first-order valence-electron chi connectivity index (χ1n) is 10.8. The molecule has 0 radical (unpaired) electrons. The zero-order chi connectivity index (χ0) is 22.0. The first-order valence-corrected chi connectivity index (χ1v) is 11.6. The van der Waals surface area contributed by atoms with Gasteiger partial charge in [-0.3, -0.25) is 14.6 Å². The van der Waals surface area contributed by atoms with Gasteiger partial charge in [-0.25, -0.2) is 0 Å². The second-order valence-electron chi connectivity index (χ2n) is 8.48. The topological polar surface area (TPSA) is 26.8 Å². The molecule has 2 aromatic rings. The molecule has 0 saturated carbocycles. The van der Waals surface area contributed by atoms with Gasteiger partial charge in [0, 0.05) is 51.0 Å². The number of piperazine rings is 1. The minimum Gasteiger partial charge on any atom is -0.369 e. The van der Waals surface area contributed by atoms with E-state index in [2.05, 4.69) is 20.1 Å². The van der Waals surface area contributed by atoms with Crippen molar-refractivity contribution in [1.82, 2.24) is 9.80 Å². The molecule has 0 N–H and O–H groups in total. The molecule has 0 bridgehead atoms. The van der Waals surface area contributed by atoms with E-state index in [4.69, 9.17) is 0 Å². The number of Topliss-reactive ketones (excluding diaryl/α,β-unsaturated/α-hetero) is 1. The van der Waals surface area contributed by atoms with Gasteiger partial charge >= 0.3 is 6.18 Å². The molecule has 8 heteroatoms. The molecule has 1 atom stereocenters. The van der Waals surface area contributed by atoms with Gasteiger partial charge in [-0.15, -0.1) is 11.3 Å². The summed E-state index contributed by atoms with van der Waals surface area (Å²) < 4.78 is 39.1. The summed E-state index contributed by atoms with van der Waals surface area (Å²) in [5.41, 5.74) is 1.26. The number of carbonyl (C=O) groups is 1. The van der Waals surface area contributed by atoms with Crippen LogP contribution in [-0.4, -0.2) is 60.9 Å². The molecule has 0 amide bonds. The fraction of sp³-hybridized carbons (Fsp3) is 0.522. The van der Waals surface area contributed by atoms with Crippen molar-refractivity contribution in [3.63, 3.8) is 0 Å². The number of ketones is 1. The smallest absolute Gasteiger partial charge is 0.369 e. The molecule has 0 unspecified atom stereocenters. The van der Waals surface area contributed by atoms with Crippen LogP contribution in [0.25, 0.3) is 0 Å². The fourth-order valence-corrected chi connectivity index (χ4v) is 5.40. The molecule has 3 heterocycles. The Morgan fingerprint density at radius 3 is 2.58 bits per heavy atom. The molecule has 0 spiro atoms. The van der Waals surface area contributed by atoms with Crippen molar-refractivity contribution in [3.8, 4) is 0 Å². The van der Waals surface area contributed by atoms with Gasteiger partial charge in [-0.2, -0.15) is 13.2 Å². The maximum Gasteiger partial charge on any atom is 0.416 e. The molecule has 4 rings (SSSR count). The van der Waals surface area contributed by atoms with Crippen molar-refractivity contribution in [1.29, 1.82) is 0 Å². The summed E-state index contributed by atoms with van der Waals surface area (Å²) in [4.78, 5) is 19.4. The van der Waals surface area contributed by atoms with E-state index in [1.54, 1.807) is 13.0 Å². The summed E-state index contributed by atoms with van der Waals surface area (Å²) in [6, 6.07) is 8.12. The van der Waals surface area contributed by atoms with Gasteiger partial charge < -0.3 is 4.90 Å². The molecule has 0 aliphatic carbocycles. The SMILES string of the molecule is CC(=O)c1cc(CN2CCC[C@@H](N3CCN(c4cccc(C(F)(F)F)c4)CC3)C2)cs1. The van der Waals surface area contributed by atoms with Crippen LogP contribution in [0.1, 0.15) is 40.6 Å². The number of likely N-dealkylation sites (tertiary alicyclic amines) is 1. The quantitative estimate of drug-likeness (QED) is 0.613. The van der Waals surface area contributed by atoms with Crippen LogP contribution in [-0.2, 0) is 12.7 Å². The van der Waals surface area contributed by atoms with Crippen molar-refractivity contribution < 1.29 is 18.0 Å². The number of halogens is 3. The Bertz CT molecular complexity index is 905. The van der Waals surface area contributed by atoms with Crippen LogP contribution in [0, 0.1) is 0 Å². The van der Waals surface area contributed by atoms with E-state index < -0.39 is 11.7 Å². The Morgan fingerprint density at radius 1 is 1.13 bits per heavy atom. The van der Waals surface area contributed by atoms with Gasteiger partial charge in [0.25, 0.3) is 0 Å². The molecule has 168 valence electrons. The Hall–Kier alpha value is -1.90. The molecule has 31 heavy (non-hydrogen) atoms. The Labute approximate surface area is 185 Å². The lowest BCUT2D eigenvalue weighted by atomic mass is 10.0. The van der Waals surface area contributed by atoms with Crippen molar-refractivity contribution in [2.45, 2.75) is 38.5 Å². The summed E-state index contributed by atoms with van der Waals surface area (Å²) in [5, 5.41) is 2.08. The first kappa shape index (κ1) is 22.3. The van der Waals surface area contributed by atoms with E-state index in [9.17, 15) is 18.0 Å². The van der Waals surface area contributed by atoms with Gasteiger partial charge in [0.1, 0.15) is 0 Å². The molecule has 1 aromatic heterocycles. The highest BCUT2D eigenvalue weighted by Crippen LogP contribution is 2.32. The highest BCUT2D eigenvalue weighted by atomic mass is 32.1. The third kappa shape index (κ3) is 5.48. The Kier molecular flexibility index (Phi) is 6.69. The van der Waals surface area contributed by atoms with Crippen LogP contribution >= 0.6 is 11.3 Å². The molecule has 4 nitrogen and oxygen atoms in total. The number of anilines is 1. The molecule has 2 saturated heterocycles. The lowest BCUT2D eigenvalue weighted by Gasteiger charge is -2.44. The van der Waals surface area contributed by atoms with Crippen LogP contribution in [0.2, 0.25) is 0 Å². The van der Waals surface area contributed by atoms with Crippen molar-refractivity contribution in [3.05, 3.63) is 51.7 Å². The number of hydrogen-bond donors (Lipinski definition) is 0. The lowest BCUT2D eigenvalue weighted by molar-refractivity contribution is -0.137. The van der Waals surface area contributed by atoms with E-state index in [1.807, 2.05) is 6.07 Å². The van der Waals surface area contributed by atoms with E-state index >= 15 is 0 Å². The molecule has 1 aromatic carbocycles. The maximum absolute atomic E-state index is 13.0. The van der Waals surface area contributed by atoms with Crippen LogP contribution in [0.3, 0.4) is 0 Å². The average molecular weight is 452 g/mol. The first-order chi connectivity index (χ1) is 14.8. The second-order valence-corrected chi connectivity index (χ2v) is 9.39. The number of rotatable bonds is 5. The zero-order valence-corrected chi connectivity index (χ0v) is 18.5.